The molecule has 3 aromatic heterocycles. The lowest BCUT2D eigenvalue weighted by Gasteiger charge is -2.30. The second kappa shape index (κ2) is 7.42. The van der Waals surface area contributed by atoms with Gasteiger partial charge in [-0.05, 0) is 31.0 Å². The van der Waals surface area contributed by atoms with Crippen molar-refractivity contribution in [2.24, 2.45) is 5.73 Å². The Morgan fingerprint density at radius 3 is 2.57 bits per heavy atom. The molecule has 0 aliphatic carbocycles. The molecule has 30 heavy (non-hydrogen) atoms. The van der Waals surface area contributed by atoms with Gasteiger partial charge in [-0.2, -0.15) is 5.10 Å². The summed E-state index contributed by atoms with van der Waals surface area (Å²) in [6.07, 6.45) is 6.73. The highest BCUT2D eigenvalue weighted by Crippen LogP contribution is 2.32. The molecule has 0 amide bonds. The number of piperidine rings is 1. The van der Waals surface area contributed by atoms with Gasteiger partial charge in [-0.3, -0.25) is 15.1 Å². The fourth-order valence-corrected chi connectivity index (χ4v) is 3.73. The van der Waals surface area contributed by atoms with Gasteiger partial charge in [-0.25, -0.2) is 13.8 Å². The third kappa shape index (κ3) is 3.26. The zero-order valence-corrected chi connectivity index (χ0v) is 16.0. The largest absolute Gasteiger partial charge is 0.355 e. The normalized spacial score (nSPS) is 15.1. The Morgan fingerprint density at radius 1 is 1.03 bits per heavy atom. The van der Waals surface area contributed by atoms with Gasteiger partial charge in [0, 0.05) is 24.5 Å². The fourth-order valence-electron chi connectivity index (χ4n) is 3.73. The van der Waals surface area contributed by atoms with Crippen LogP contribution in [0.15, 0.2) is 42.9 Å². The number of H-pyrrole nitrogens is 1. The summed E-state index contributed by atoms with van der Waals surface area (Å²) in [5.74, 6) is -0.590. The summed E-state index contributed by atoms with van der Waals surface area (Å²) in [6, 6.07) is 5.69. The Bertz CT molecular complexity index is 1190. The average molecular weight is 407 g/mol. The van der Waals surface area contributed by atoms with Crippen molar-refractivity contribution in [3.63, 3.8) is 0 Å². The SMILES string of the molecule is NC1CCN(c2cncc(-c3cc4c(-c5c(F)cccc5F)n[nH]c4cn3)n2)CC1. The minimum atomic E-state index is -0.674. The van der Waals surface area contributed by atoms with Crippen LogP contribution < -0.4 is 10.6 Å². The molecule has 3 N–H and O–H groups in total. The fraction of sp³-hybridized carbons (Fsp3) is 0.238. The van der Waals surface area contributed by atoms with Gasteiger partial charge in [0.05, 0.1) is 35.4 Å². The van der Waals surface area contributed by atoms with Crippen molar-refractivity contribution in [1.82, 2.24) is 25.1 Å². The van der Waals surface area contributed by atoms with Crippen molar-refractivity contribution in [1.29, 1.82) is 0 Å². The lowest BCUT2D eigenvalue weighted by Crippen LogP contribution is -2.40. The summed E-state index contributed by atoms with van der Waals surface area (Å²) in [7, 11) is 0. The van der Waals surface area contributed by atoms with Crippen LogP contribution in [0.3, 0.4) is 0 Å². The number of aromatic amines is 1. The average Bonchev–Trinajstić information content (AvgIpc) is 3.17. The predicted molar refractivity (Wildman–Crippen MR) is 110 cm³/mol. The van der Waals surface area contributed by atoms with Gasteiger partial charge in [-0.1, -0.05) is 6.07 Å². The Labute approximate surface area is 171 Å². The summed E-state index contributed by atoms with van der Waals surface area (Å²) in [5.41, 5.74) is 7.70. The highest BCUT2D eigenvalue weighted by molar-refractivity contribution is 5.94. The van der Waals surface area contributed by atoms with Crippen LogP contribution in [0, 0.1) is 11.6 Å². The van der Waals surface area contributed by atoms with Gasteiger partial charge in [-0.15, -0.1) is 0 Å². The number of hydrogen-bond donors (Lipinski definition) is 2. The van der Waals surface area contributed by atoms with Crippen LogP contribution in [-0.4, -0.2) is 44.3 Å². The molecule has 4 aromatic rings. The van der Waals surface area contributed by atoms with E-state index < -0.39 is 11.6 Å². The van der Waals surface area contributed by atoms with Crippen LogP contribution in [0.25, 0.3) is 33.5 Å². The van der Waals surface area contributed by atoms with Crippen molar-refractivity contribution in [3.8, 4) is 22.6 Å². The Hall–Kier alpha value is -3.46. The molecule has 0 spiro atoms. The summed E-state index contributed by atoms with van der Waals surface area (Å²) in [6.45, 7) is 1.65. The molecule has 4 heterocycles. The lowest BCUT2D eigenvalue weighted by atomic mass is 10.1. The smallest absolute Gasteiger partial charge is 0.147 e. The molecule has 1 fully saturated rings. The predicted octanol–water partition coefficient (Wildman–Crippen LogP) is 3.29. The molecule has 7 nitrogen and oxygen atoms in total. The van der Waals surface area contributed by atoms with Crippen LogP contribution in [-0.2, 0) is 0 Å². The number of nitrogens with two attached hydrogens (primary N) is 1. The first kappa shape index (κ1) is 18.6. The van der Waals surface area contributed by atoms with Crippen molar-refractivity contribution in [2.45, 2.75) is 18.9 Å². The zero-order chi connectivity index (χ0) is 20.7. The number of nitrogens with one attached hydrogen (secondary N) is 1. The number of fused-ring (bicyclic) bond motifs is 1. The molecule has 0 radical (unpaired) electrons. The summed E-state index contributed by atoms with van der Waals surface area (Å²) >= 11 is 0. The Morgan fingerprint density at radius 2 is 1.80 bits per heavy atom. The number of hydrogen-bond acceptors (Lipinski definition) is 6. The second-order valence-corrected chi connectivity index (χ2v) is 7.37. The maximum atomic E-state index is 14.3. The lowest BCUT2D eigenvalue weighted by molar-refractivity contribution is 0.498. The van der Waals surface area contributed by atoms with E-state index in [-0.39, 0.29) is 17.3 Å². The maximum absolute atomic E-state index is 14.3. The van der Waals surface area contributed by atoms with E-state index >= 15 is 0 Å². The Balaban J connectivity index is 1.55. The van der Waals surface area contributed by atoms with E-state index in [2.05, 4.69) is 25.1 Å². The maximum Gasteiger partial charge on any atom is 0.147 e. The Kier molecular flexibility index (Phi) is 4.59. The van der Waals surface area contributed by atoms with Crippen LogP contribution in [0.2, 0.25) is 0 Å². The molecule has 1 aliphatic rings. The molecule has 5 rings (SSSR count). The standard InChI is InChI=1S/C21H19F2N7/c22-14-2-1-3-15(23)20(14)21-13-8-16(26-10-17(13)28-29-21)18-9-25-11-19(27-18)30-6-4-12(24)5-7-30/h1-3,8-12H,4-7,24H2,(H,28,29). The minimum Gasteiger partial charge on any atom is -0.355 e. The third-order valence-corrected chi connectivity index (χ3v) is 5.39. The van der Waals surface area contributed by atoms with Crippen LogP contribution >= 0.6 is 0 Å². The van der Waals surface area contributed by atoms with Gasteiger partial charge in [0.25, 0.3) is 0 Å². The van der Waals surface area contributed by atoms with E-state index in [1.807, 2.05) is 0 Å². The van der Waals surface area contributed by atoms with Crippen molar-refractivity contribution < 1.29 is 8.78 Å². The van der Waals surface area contributed by atoms with Gasteiger partial charge in [0.15, 0.2) is 0 Å². The molecule has 0 unspecified atom stereocenters. The quantitative estimate of drug-likeness (QED) is 0.541. The van der Waals surface area contributed by atoms with Crippen molar-refractivity contribution in [2.75, 3.05) is 18.0 Å². The highest BCUT2D eigenvalue weighted by atomic mass is 19.1. The van der Waals surface area contributed by atoms with Crippen LogP contribution in [0.4, 0.5) is 14.6 Å². The summed E-state index contributed by atoms with van der Waals surface area (Å²) in [4.78, 5) is 15.6. The number of pyridine rings is 1. The molecule has 9 heteroatoms. The topological polar surface area (TPSA) is 96.6 Å². The third-order valence-electron chi connectivity index (χ3n) is 5.39. The van der Waals surface area contributed by atoms with E-state index in [0.717, 1.165) is 31.7 Å². The molecule has 1 saturated heterocycles. The minimum absolute atomic E-state index is 0.176. The van der Waals surface area contributed by atoms with E-state index in [9.17, 15) is 8.78 Å². The van der Waals surface area contributed by atoms with Gasteiger partial charge < -0.3 is 10.6 Å². The number of anilines is 1. The van der Waals surface area contributed by atoms with Crippen LogP contribution in [0.1, 0.15) is 12.8 Å². The first-order valence-corrected chi connectivity index (χ1v) is 9.71. The summed E-state index contributed by atoms with van der Waals surface area (Å²) in [5, 5.41) is 7.46. The second-order valence-electron chi connectivity index (χ2n) is 7.37. The molecule has 1 aromatic carbocycles. The summed E-state index contributed by atoms with van der Waals surface area (Å²) < 4.78 is 28.6. The van der Waals surface area contributed by atoms with E-state index in [0.29, 0.717) is 22.3 Å². The van der Waals surface area contributed by atoms with Gasteiger partial charge in [0.1, 0.15) is 28.8 Å². The molecular formula is C21H19F2N7. The number of benzene rings is 1. The molecule has 152 valence electrons. The first-order chi connectivity index (χ1) is 14.6. The molecular weight excluding hydrogens is 388 g/mol. The first-order valence-electron chi connectivity index (χ1n) is 9.71. The molecule has 0 saturated carbocycles. The number of rotatable bonds is 3. The molecule has 0 atom stereocenters. The van der Waals surface area contributed by atoms with Crippen molar-refractivity contribution in [3.05, 3.63) is 54.5 Å². The highest BCUT2D eigenvalue weighted by Gasteiger charge is 2.20. The number of nitrogens with zero attached hydrogens (tertiary/aromatic N) is 5. The van der Waals surface area contributed by atoms with Gasteiger partial charge in [0.2, 0.25) is 0 Å². The van der Waals surface area contributed by atoms with E-state index in [4.69, 9.17) is 10.7 Å². The van der Waals surface area contributed by atoms with Crippen LogP contribution in [0.5, 0.6) is 0 Å². The number of aromatic nitrogens is 5. The van der Waals surface area contributed by atoms with E-state index in [1.165, 1.54) is 18.2 Å². The van der Waals surface area contributed by atoms with Crippen molar-refractivity contribution >= 4 is 16.7 Å². The zero-order valence-electron chi connectivity index (χ0n) is 16.0. The van der Waals surface area contributed by atoms with Gasteiger partial charge >= 0.3 is 0 Å². The van der Waals surface area contributed by atoms with E-state index in [1.54, 1.807) is 24.7 Å². The number of halogens is 2. The monoisotopic (exact) mass is 407 g/mol. The molecule has 0 bridgehead atoms. The molecule has 1 aliphatic heterocycles.